The van der Waals surface area contributed by atoms with Gasteiger partial charge in [-0.2, -0.15) is 0 Å². The Balaban J connectivity index is 3.38. The topological polar surface area (TPSA) is 61.4 Å². The van der Waals surface area contributed by atoms with Gasteiger partial charge in [0.15, 0.2) is 0 Å². The van der Waals surface area contributed by atoms with Gasteiger partial charge in [-0.15, -0.1) is 0 Å². The fraction of sp³-hybridized carbons (Fsp3) is 0.909. The van der Waals surface area contributed by atoms with Crippen LogP contribution in [0, 0.1) is 5.92 Å². The van der Waals surface area contributed by atoms with Gasteiger partial charge in [-0.25, -0.2) is 0 Å². The third kappa shape index (κ3) is 8.39. The maximum Gasteiger partial charge on any atom is 0.220 e. The van der Waals surface area contributed by atoms with Crippen molar-refractivity contribution in [2.24, 2.45) is 5.92 Å². The van der Waals surface area contributed by atoms with Crippen LogP contribution in [0.25, 0.3) is 0 Å². The molecule has 1 atom stereocenters. The third-order valence-corrected chi connectivity index (χ3v) is 2.36. The smallest absolute Gasteiger partial charge is 0.220 e. The minimum Gasteiger partial charge on any atom is -0.393 e. The average molecular weight is 216 g/mol. The number of hydrogen-bond acceptors (Lipinski definition) is 3. The molecule has 0 saturated heterocycles. The van der Waals surface area contributed by atoms with Crippen LogP contribution in [0.5, 0.6) is 0 Å². The molecule has 0 heterocycles. The van der Waals surface area contributed by atoms with Crippen LogP contribution < -0.4 is 10.6 Å². The molecule has 0 bridgehead atoms. The molecule has 0 aliphatic heterocycles. The summed E-state index contributed by atoms with van der Waals surface area (Å²) < 4.78 is 0. The van der Waals surface area contributed by atoms with Crippen molar-refractivity contribution in [3.05, 3.63) is 0 Å². The second-order valence-corrected chi connectivity index (χ2v) is 4.16. The summed E-state index contributed by atoms with van der Waals surface area (Å²) >= 11 is 0. The van der Waals surface area contributed by atoms with Crippen molar-refractivity contribution in [2.45, 2.75) is 39.2 Å². The Morgan fingerprint density at radius 1 is 1.33 bits per heavy atom. The van der Waals surface area contributed by atoms with Crippen molar-refractivity contribution in [1.82, 2.24) is 10.6 Å². The number of aliphatic hydroxyl groups excluding tert-OH is 1. The van der Waals surface area contributed by atoms with Crippen LogP contribution in [0.2, 0.25) is 0 Å². The summed E-state index contributed by atoms with van der Waals surface area (Å²) in [7, 11) is 1.87. The molecule has 0 aliphatic carbocycles. The van der Waals surface area contributed by atoms with Crippen molar-refractivity contribution >= 4 is 5.91 Å². The molecule has 1 unspecified atom stereocenters. The minimum atomic E-state index is -0.317. The first-order valence-corrected chi connectivity index (χ1v) is 5.67. The highest BCUT2D eigenvalue weighted by molar-refractivity contribution is 5.75. The lowest BCUT2D eigenvalue weighted by atomic mass is 10.0. The molecule has 0 aromatic rings. The zero-order valence-corrected chi connectivity index (χ0v) is 10.0. The number of aliphatic hydroxyl groups is 1. The molecule has 0 saturated carbocycles. The van der Waals surface area contributed by atoms with Crippen molar-refractivity contribution in [3.8, 4) is 0 Å². The van der Waals surface area contributed by atoms with Gasteiger partial charge in [0.05, 0.1) is 6.10 Å². The van der Waals surface area contributed by atoms with Crippen LogP contribution in [-0.2, 0) is 4.79 Å². The number of amides is 1. The molecule has 0 fully saturated rings. The normalized spacial score (nSPS) is 12.9. The summed E-state index contributed by atoms with van der Waals surface area (Å²) in [6, 6.07) is 0. The van der Waals surface area contributed by atoms with E-state index in [4.69, 9.17) is 0 Å². The minimum absolute atomic E-state index is 0.0706. The van der Waals surface area contributed by atoms with E-state index in [2.05, 4.69) is 10.6 Å². The van der Waals surface area contributed by atoms with Gasteiger partial charge in [0.2, 0.25) is 5.91 Å². The summed E-state index contributed by atoms with van der Waals surface area (Å²) in [5.41, 5.74) is 0. The van der Waals surface area contributed by atoms with E-state index < -0.39 is 0 Å². The lowest BCUT2D eigenvalue weighted by Crippen LogP contribution is -2.29. The van der Waals surface area contributed by atoms with Gasteiger partial charge in [-0.3, -0.25) is 4.79 Å². The van der Waals surface area contributed by atoms with E-state index in [0.717, 1.165) is 13.0 Å². The third-order valence-electron chi connectivity index (χ3n) is 2.36. The molecule has 0 spiro atoms. The predicted molar refractivity (Wildman–Crippen MR) is 61.6 cm³/mol. The van der Waals surface area contributed by atoms with Gasteiger partial charge in [-0.1, -0.05) is 13.8 Å². The Kier molecular flexibility index (Phi) is 8.33. The summed E-state index contributed by atoms with van der Waals surface area (Å²) in [5.74, 6) is 0.326. The highest BCUT2D eigenvalue weighted by Crippen LogP contribution is 2.03. The van der Waals surface area contributed by atoms with E-state index >= 15 is 0 Å². The molecule has 0 aromatic heterocycles. The van der Waals surface area contributed by atoms with Crippen molar-refractivity contribution < 1.29 is 9.90 Å². The first-order chi connectivity index (χ1) is 7.07. The predicted octanol–water partition coefficient (Wildman–Crippen LogP) is 0.509. The molecule has 0 radical (unpaired) electrons. The molecule has 0 rings (SSSR count). The quantitative estimate of drug-likeness (QED) is 0.518. The summed E-state index contributed by atoms with van der Waals surface area (Å²) in [4.78, 5) is 11.2. The van der Waals surface area contributed by atoms with Crippen LogP contribution >= 0.6 is 0 Å². The molecule has 4 nitrogen and oxygen atoms in total. The molecule has 0 aromatic carbocycles. The zero-order valence-electron chi connectivity index (χ0n) is 10.0. The largest absolute Gasteiger partial charge is 0.393 e. The average Bonchev–Trinajstić information content (AvgIpc) is 2.18. The number of carbonyl (C=O) groups excluding carboxylic acids is 1. The Hall–Kier alpha value is -0.610. The van der Waals surface area contributed by atoms with Crippen LogP contribution in [0.1, 0.15) is 33.1 Å². The van der Waals surface area contributed by atoms with Crippen LogP contribution in [0.4, 0.5) is 0 Å². The molecule has 15 heavy (non-hydrogen) atoms. The molecular weight excluding hydrogens is 192 g/mol. The molecule has 4 heteroatoms. The van der Waals surface area contributed by atoms with Crippen molar-refractivity contribution in [2.75, 3.05) is 20.1 Å². The fourth-order valence-corrected chi connectivity index (χ4v) is 1.21. The number of rotatable bonds is 8. The summed E-state index contributed by atoms with van der Waals surface area (Å²) in [6.45, 7) is 5.37. The SMILES string of the molecule is CNCCCC(=O)NCCC(O)C(C)C. The van der Waals surface area contributed by atoms with Gasteiger partial charge >= 0.3 is 0 Å². The van der Waals surface area contributed by atoms with Gasteiger partial charge in [0.25, 0.3) is 0 Å². The molecule has 1 amide bonds. The first kappa shape index (κ1) is 14.4. The van der Waals surface area contributed by atoms with Gasteiger partial charge in [0.1, 0.15) is 0 Å². The highest BCUT2D eigenvalue weighted by atomic mass is 16.3. The van der Waals surface area contributed by atoms with E-state index in [1.54, 1.807) is 0 Å². The standard InChI is InChI=1S/C11H24N2O2/c1-9(2)10(14)6-8-13-11(15)5-4-7-12-3/h9-10,12,14H,4-8H2,1-3H3,(H,13,15). The molecular formula is C11H24N2O2. The number of nitrogens with one attached hydrogen (secondary N) is 2. The van der Waals surface area contributed by atoms with Crippen LogP contribution in [-0.4, -0.2) is 37.3 Å². The summed E-state index contributed by atoms with van der Waals surface area (Å²) in [6.07, 6.45) is 1.73. The Morgan fingerprint density at radius 2 is 2.00 bits per heavy atom. The Labute approximate surface area is 92.4 Å². The monoisotopic (exact) mass is 216 g/mol. The van der Waals surface area contributed by atoms with E-state index in [9.17, 15) is 9.90 Å². The Bertz CT molecular complexity index is 172. The van der Waals surface area contributed by atoms with Crippen LogP contribution in [0.3, 0.4) is 0 Å². The van der Waals surface area contributed by atoms with Gasteiger partial charge in [-0.05, 0) is 32.4 Å². The number of hydrogen-bond donors (Lipinski definition) is 3. The van der Waals surface area contributed by atoms with Crippen molar-refractivity contribution in [1.29, 1.82) is 0 Å². The van der Waals surface area contributed by atoms with Gasteiger partial charge < -0.3 is 15.7 Å². The van der Waals surface area contributed by atoms with Crippen LogP contribution in [0.15, 0.2) is 0 Å². The van der Waals surface area contributed by atoms with Gasteiger partial charge in [0, 0.05) is 13.0 Å². The number of carbonyl (C=O) groups is 1. The second-order valence-electron chi connectivity index (χ2n) is 4.16. The molecule has 0 aliphatic rings. The highest BCUT2D eigenvalue weighted by Gasteiger charge is 2.09. The maximum atomic E-state index is 11.2. The van der Waals surface area contributed by atoms with E-state index in [1.165, 1.54) is 0 Å². The van der Waals surface area contributed by atoms with Crippen molar-refractivity contribution in [3.63, 3.8) is 0 Å². The second kappa shape index (κ2) is 8.68. The van der Waals surface area contributed by atoms with E-state index in [1.807, 2.05) is 20.9 Å². The lowest BCUT2D eigenvalue weighted by molar-refractivity contribution is -0.121. The first-order valence-electron chi connectivity index (χ1n) is 5.67. The summed E-state index contributed by atoms with van der Waals surface area (Å²) in [5, 5.41) is 15.3. The lowest BCUT2D eigenvalue weighted by Gasteiger charge is -2.14. The fourth-order valence-electron chi connectivity index (χ4n) is 1.21. The zero-order chi connectivity index (χ0) is 11.7. The van der Waals surface area contributed by atoms with E-state index in [-0.39, 0.29) is 17.9 Å². The molecule has 90 valence electrons. The van der Waals surface area contributed by atoms with E-state index in [0.29, 0.717) is 19.4 Å². The molecule has 3 N–H and O–H groups in total. The Morgan fingerprint density at radius 3 is 2.53 bits per heavy atom. The maximum absolute atomic E-state index is 11.2.